The molecule has 3 atom stereocenters. The topological polar surface area (TPSA) is 38.2 Å². The molecule has 0 spiro atoms. The van der Waals surface area contributed by atoms with Gasteiger partial charge in [0.2, 0.25) is 5.95 Å². The number of aromatic nitrogens is 2. The van der Waals surface area contributed by atoms with Crippen LogP contribution in [0.15, 0.2) is 12.3 Å². The van der Waals surface area contributed by atoms with Crippen LogP contribution in [0.1, 0.15) is 26.0 Å². The molecule has 4 heteroatoms. The van der Waals surface area contributed by atoms with Gasteiger partial charge in [0.1, 0.15) is 0 Å². The van der Waals surface area contributed by atoms with E-state index in [2.05, 4.69) is 35.8 Å². The fourth-order valence-corrected chi connectivity index (χ4v) is 3.81. The minimum Gasteiger partial charge on any atom is -0.377 e. The van der Waals surface area contributed by atoms with Crippen LogP contribution in [-0.4, -0.2) is 35.8 Å². The summed E-state index contributed by atoms with van der Waals surface area (Å²) in [6.07, 6.45) is 3.41. The average molecular weight is 247 g/mol. The minimum atomic E-state index is 0.184. The second-order valence-electron chi connectivity index (χ2n) is 6.12. The van der Waals surface area contributed by atoms with Gasteiger partial charge in [-0.1, -0.05) is 13.8 Å². The van der Waals surface area contributed by atoms with Gasteiger partial charge in [0.15, 0.2) is 0 Å². The third-order valence-electron chi connectivity index (χ3n) is 4.55. The zero-order chi connectivity index (χ0) is 12.9. The molecule has 4 nitrogen and oxygen atoms in total. The minimum absolute atomic E-state index is 0.184. The molecule has 2 aliphatic rings. The molecule has 1 aliphatic heterocycles. The molecule has 0 amide bonds. The number of nitrogens with zero attached hydrogens (tertiary/aromatic N) is 3. The molecule has 1 saturated heterocycles. The van der Waals surface area contributed by atoms with Crippen LogP contribution < -0.4 is 4.90 Å². The van der Waals surface area contributed by atoms with Crippen LogP contribution in [0, 0.1) is 18.3 Å². The van der Waals surface area contributed by atoms with Crippen LogP contribution in [0.25, 0.3) is 0 Å². The molecule has 3 rings (SSSR count). The summed E-state index contributed by atoms with van der Waals surface area (Å²) in [5.41, 5.74) is 1.20. The molecule has 1 saturated carbocycles. The van der Waals surface area contributed by atoms with Crippen LogP contribution in [0.2, 0.25) is 0 Å². The van der Waals surface area contributed by atoms with Gasteiger partial charge in [-0.25, -0.2) is 9.97 Å². The summed E-state index contributed by atoms with van der Waals surface area (Å²) in [5, 5.41) is 0. The van der Waals surface area contributed by atoms with E-state index < -0.39 is 0 Å². The quantitative estimate of drug-likeness (QED) is 0.801. The van der Waals surface area contributed by atoms with Crippen molar-refractivity contribution in [3.8, 4) is 0 Å². The van der Waals surface area contributed by atoms with Gasteiger partial charge in [0, 0.05) is 42.9 Å². The molecule has 0 N–H and O–H groups in total. The number of fused-ring (bicyclic) bond motifs is 1. The van der Waals surface area contributed by atoms with Crippen molar-refractivity contribution < 1.29 is 4.74 Å². The van der Waals surface area contributed by atoms with Crippen molar-refractivity contribution in [1.82, 2.24) is 9.97 Å². The summed E-state index contributed by atoms with van der Waals surface area (Å²) in [6, 6.07) is 2.41. The van der Waals surface area contributed by atoms with Crippen LogP contribution in [0.5, 0.6) is 0 Å². The molecule has 3 unspecified atom stereocenters. The third kappa shape index (κ3) is 1.55. The number of rotatable bonds is 2. The Bertz CT molecular complexity index is 460. The van der Waals surface area contributed by atoms with E-state index in [9.17, 15) is 0 Å². The number of hydrogen-bond donors (Lipinski definition) is 0. The molecule has 1 aromatic heterocycles. The summed E-state index contributed by atoms with van der Waals surface area (Å²) in [4.78, 5) is 11.2. The molecule has 2 heterocycles. The number of aryl methyl sites for hydroxylation is 1. The molecule has 0 radical (unpaired) electrons. The lowest BCUT2D eigenvalue weighted by atomic mass is 9.57. The van der Waals surface area contributed by atoms with Crippen LogP contribution in [0.3, 0.4) is 0 Å². The lowest BCUT2D eigenvalue weighted by Gasteiger charge is -2.57. The summed E-state index contributed by atoms with van der Waals surface area (Å²) in [5.74, 6) is 1.47. The molecule has 1 aliphatic carbocycles. The Labute approximate surface area is 108 Å². The van der Waals surface area contributed by atoms with Gasteiger partial charge in [-0.15, -0.1) is 0 Å². The van der Waals surface area contributed by atoms with E-state index in [1.54, 1.807) is 0 Å². The molecule has 98 valence electrons. The normalized spacial score (nSPS) is 32.8. The Balaban J connectivity index is 1.87. The Kier molecular flexibility index (Phi) is 2.59. The summed E-state index contributed by atoms with van der Waals surface area (Å²) >= 11 is 0. The van der Waals surface area contributed by atoms with Gasteiger partial charge in [0.25, 0.3) is 0 Å². The first-order valence-electron chi connectivity index (χ1n) is 6.66. The first kappa shape index (κ1) is 11.9. The highest BCUT2D eigenvalue weighted by molar-refractivity contribution is 5.36. The van der Waals surface area contributed by atoms with Crippen molar-refractivity contribution >= 4 is 5.95 Å². The monoisotopic (exact) mass is 247 g/mol. The van der Waals surface area contributed by atoms with Crippen molar-refractivity contribution in [2.75, 3.05) is 18.6 Å². The zero-order valence-electron chi connectivity index (χ0n) is 11.6. The molecule has 2 fully saturated rings. The highest BCUT2D eigenvalue weighted by atomic mass is 16.5. The highest BCUT2D eigenvalue weighted by Gasteiger charge is 2.61. The number of ether oxygens (including phenoxy) is 1. The third-order valence-corrected chi connectivity index (χ3v) is 4.55. The number of hydrogen-bond acceptors (Lipinski definition) is 4. The van der Waals surface area contributed by atoms with E-state index in [1.165, 1.54) is 0 Å². The average Bonchev–Trinajstić information content (AvgIpc) is 2.75. The van der Waals surface area contributed by atoms with Crippen LogP contribution in [-0.2, 0) is 4.74 Å². The van der Waals surface area contributed by atoms with E-state index in [-0.39, 0.29) is 5.41 Å². The summed E-state index contributed by atoms with van der Waals surface area (Å²) in [6.45, 7) is 7.48. The molecule has 1 aromatic rings. The molecule has 18 heavy (non-hydrogen) atoms. The van der Waals surface area contributed by atoms with Crippen molar-refractivity contribution in [2.45, 2.75) is 39.3 Å². The van der Waals surface area contributed by atoms with Gasteiger partial charge >= 0.3 is 0 Å². The summed E-state index contributed by atoms with van der Waals surface area (Å²) in [7, 11) is 2.11. The van der Waals surface area contributed by atoms with Gasteiger partial charge in [-0.2, -0.15) is 0 Å². The standard InChI is InChI=1S/C14H21N3O/c1-9-5-7-15-13(16-9)17(4)11-10-6-8-18-12(10)14(11,2)3/h5,7,10-12H,6,8H2,1-4H3. The molecule has 0 bridgehead atoms. The Hall–Kier alpha value is -1.16. The molecule has 0 aromatic carbocycles. The zero-order valence-corrected chi connectivity index (χ0v) is 11.6. The molecular formula is C14H21N3O. The maximum atomic E-state index is 5.84. The predicted octanol–water partition coefficient (Wildman–Crippen LogP) is 2.03. The smallest absolute Gasteiger partial charge is 0.225 e. The maximum absolute atomic E-state index is 5.84. The fourth-order valence-electron chi connectivity index (χ4n) is 3.81. The second-order valence-corrected chi connectivity index (χ2v) is 6.12. The summed E-state index contributed by atoms with van der Waals surface area (Å²) < 4.78 is 5.84. The van der Waals surface area contributed by atoms with Crippen LogP contribution in [0.4, 0.5) is 5.95 Å². The lowest BCUT2D eigenvalue weighted by molar-refractivity contribution is -0.101. The molecular weight excluding hydrogens is 226 g/mol. The fraction of sp³-hybridized carbons (Fsp3) is 0.714. The van der Waals surface area contributed by atoms with Gasteiger partial charge in [0.05, 0.1) is 6.10 Å². The Morgan fingerprint density at radius 3 is 2.94 bits per heavy atom. The Morgan fingerprint density at radius 1 is 1.44 bits per heavy atom. The van der Waals surface area contributed by atoms with E-state index >= 15 is 0 Å². The van der Waals surface area contributed by atoms with Crippen molar-refractivity contribution in [3.05, 3.63) is 18.0 Å². The highest BCUT2D eigenvalue weighted by Crippen LogP contribution is 2.54. The van der Waals surface area contributed by atoms with E-state index in [0.29, 0.717) is 18.1 Å². The maximum Gasteiger partial charge on any atom is 0.225 e. The van der Waals surface area contributed by atoms with E-state index in [0.717, 1.165) is 24.7 Å². The lowest BCUT2D eigenvalue weighted by Crippen LogP contribution is -2.66. The first-order chi connectivity index (χ1) is 8.51. The SMILES string of the molecule is Cc1ccnc(N(C)C2C3CCOC3C2(C)C)n1. The van der Waals surface area contributed by atoms with Gasteiger partial charge in [-0.3, -0.25) is 0 Å². The van der Waals surface area contributed by atoms with Gasteiger partial charge < -0.3 is 9.64 Å². The first-order valence-corrected chi connectivity index (χ1v) is 6.66. The van der Waals surface area contributed by atoms with Crippen LogP contribution >= 0.6 is 0 Å². The second kappa shape index (κ2) is 3.92. The van der Waals surface area contributed by atoms with Crippen molar-refractivity contribution in [1.29, 1.82) is 0 Å². The van der Waals surface area contributed by atoms with Crippen molar-refractivity contribution in [3.63, 3.8) is 0 Å². The largest absolute Gasteiger partial charge is 0.377 e. The number of anilines is 1. The predicted molar refractivity (Wildman–Crippen MR) is 70.6 cm³/mol. The van der Waals surface area contributed by atoms with Crippen molar-refractivity contribution in [2.24, 2.45) is 11.3 Å². The van der Waals surface area contributed by atoms with Gasteiger partial charge in [-0.05, 0) is 19.4 Å². The Morgan fingerprint density at radius 2 is 2.22 bits per heavy atom. The van der Waals surface area contributed by atoms with E-state index in [1.807, 2.05) is 19.2 Å². The van der Waals surface area contributed by atoms with E-state index in [4.69, 9.17) is 4.74 Å².